The van der Waals surface area contributed by atoms with Crippen molar-refractivity contribution in [2.24, 2.45) is 16.6 Å². The Bertz CT molecular complexity index is 1260. The largest absolute Gasteiger partial charge is 0.369 e. The molecule has 40 heavy (non-hydrogen) atoms. The summed E-state index contributed by atoms with van der Waals surface area (Å²) in [6.45, 7) is 5.07. The highest BCUT2D eigenvalue weighted by Gasteiger charge is 2.27. The SMILES string of the molecule is CC(=O)NC(CCC(C)CC(=O)C(C)c1cccc(C(=O)c2ccccc2)c1)C(=O)N(C)C(N)=NC(=N)N(C)C. The number of amides is 2. The Balaban J connectivity index is 2.03. The van der Waals surface area contributed by atoms with Gasteiger partial charge in [0.05, 0.1) is 0 Å². The highest BCUT2D eigenvalue weighted by Crippen LogP contribution is 2.24. The zero-order chi connectivity index (χ0) is 30.0. The molecule has 10 heteroatoms. The second-order valence-corrected chi connectivity index (χ2v) is 10.2. The van der Waals surface area contributed by atoms with E-state index in [1.807, 2.05) is 38.1 Å². The standard InChI is InChI=1S/C30H40N6O4/c1-19(15-16-25(33-21(3)37)28(40)36(6)30(32)34-29(31)35(4)5)17-26(38)20(2)23-13-10-14-24(18-23)27(39)22-11-8-7-9-12-22/h7-14,18-20,25H,15-17H2,1-6H3,(H,33,37)(H3,31,32,34). The average molecular weight is 549 g/mol. The van der Waals surface area contributed by atoms with Gasteiger partial charge in [-0.25, -0.2) is 0 Å². The molecule has 0 aromatic heterocycles. The Morgan fingerprint density at radius 3 is 2.17 bits per heavy atom. The summed E-state index contributed by atoms with van der Waals surface area (Å²) in [4.78, 5) is 57.3. The number of hydrogen-bond donors (Lipinski definition) is 3. The zero-order valence-corrected chi connectivity index (χ0v) is 24.1. The second kappa shape index (κ2) is 14.7. The van der Waals surface area contributed by atoms with E-state index >= 15 is 0 Å². The van der Waals surface area contributed by atoms with Crippen LogP contribution in [0.3, 0.4) is 0 Å². The number of likely N-dealkylation sites (N-methyl/N-ethyl adjacent to an activating group) is 1. The molecule has 2 amide bonds. The molecule has 2 rings (SSSR count). The van der Waals surface area contributed by atoms with Crippen LogP contribution in [0.1, 0.15) is 67.4 Å². The molecule has 214 valence electrons. The van der Waals surface area contributed by atoms with Crippen LogP contribution in [-0.4, -0.2) is 72.3 Å². The van der Waals surface area contributed by atoms with E-state index in [-0.39, 0.29) is 41.7 Å². The van der Waals surface area contributed by atoms with Gasteiger partial charge in [0.15, 0.2) is 5.78 Å². The second-order valence-electron chi connectivity index (χ2n) is 10.2. The van der Waals surface area contributed by atoms with Crippen molar-refractivity contribution in [3.63, 3.8) is 0 Å². The summed E-state index contributed by atoms with van der Waals surface area (Å²) < 4.78 is 0. The lowest BCUT2D eigenvalue weighted by molar-refractivity contribution is -0.132. The molecule has 0 aliphatic carbocycles. The maximum Gasteiger partial charge on any atom is 0.251 e. The summed E-state index contributed by atoms with van der Waals surface area (Å²) >= 11 is 0. The number of guanidine groups is 2. The number of carbonyl (C=O) groups is 4. The number of rotatable bonds is 11. The number of nitrogens with one attached hydrogen (secondary N) is 2. The maximum absolute atomic E-state index is 13.1. The molecule has 3 unspecified atom stereocenters. The molecule has 0 spiro atoms. The van der Waals surface area contributed by atoms with Gasteiger partial charge in [0, 0.05) is 51.5 Å². The van der Waals surface area contributed by atoms with Gasteiger partial charge in [-0.1, -0.05) is 62.4 Å². The van der Waals surface area contributed by atoms with Crippen LogP contribution in [0.15, 0.2) is 59.6 Å². The van der Waals surface area contributed by atoms with Gasteiger partial charge in [0.25, 0.3) is 5.91 Å². The van der Waals surface area contributed by atoms with Crippen molar-refractivity contribution in [1.82, 2.24) is 15.1 Å². The number of ketones is 2. The number of nitrogens with zero attached hydrogens (tertiary/aromatic N) is 3. The molecule has 10 nitrogen and oxygen atoms in total. The van der Waals surface area contributed by atoms with E-state index in [0.29, 0.717) is 24.0 Å². The Hall–Kier alpha value is -4.34. The fourth-order valence-corrected chi connectivity index (χ4v) is 4.10. The minimum Gasteiger partial charge on any atom is -0.369 e. The minimum atomic E-state index is -0.861. The summed E-state index contributed by atoms with van der Waals surface area (Å²) in [5.41, 5.74) is 7.79. The van der Waals surface area contributed by atoms with Crippen LogP contribution in [0.5, 0.6) is 0 Å². The molecule has 0 saturated heterocycles. The van der Waals surface area contributed by atoms with Gasteiger partial charge in [-0.15, -0.1) is 0 Å². The normalized spacial score (nSPS) is 13.5. The van der Waals surface area contributed by atoms with Gasteiger partial charge in [0.1, 0.15) is 11.8 Å². The molecule has 0 radical (unpaired) electrons. The molecule has 0 fully saturated rings. The van der Waals surface area contributed by atoms with E-state index in [9.17, 15) is 19.2 Å². The van der Waals surface area contributed by atoms with Gasteiger partial charge >= 0.3 is 0 Å². The number of benzene rings is 2. The minimum absolute atomic E-state index is 0.0231. The first-order valence-electron chi connectivity index (χ1n) is 13.2. The number of hydrogen-bond acceptors (Lipinski definition) is 5. The van der Waals surface area contributed by atoms with Gasteiger partial charge in [0.2, 0.25) is 17.8 Å². The fraction of sp³-hybridized carbons (Fsp3) is 0.400. The summed E-state index contributed by atoms with van der Waals surface area (Å²) in [6, 6.07) is 15.3. The Labute approximate surface area is 236 Å². The third-order valence-electron chi connectivity index (χ3n) is 6.66. The van der Waals surface area contributed by atoms with Gasteiger partial charge in [-0.05, 0) is 30.4 Å². The van der Waals surface area contributed by atoms with Crippen molar-refractivity contribution in [2.45, 2.75) is 52.0 Å². The number of aliphatic imine (C=N–C) groups is 1. The first kappa shape index (κ1) is 31.9. The van der Waals surface area contributed by atoms with Crippen LogP contribution in [0.2, 0.25) is 0 Å². The van der Waals surface area contributed by atoms with Crippen molar-refractivity contribution < 1.29 is 19.2 Å². The summed E-state index contributed by atoms with van der Waals surface area (Å²) in [6.07, 6.45) is 1.07. The van der Waals surface area contributed by atoms with E-state index in [1.54, 1.807) is 44.4 Å². The summed E-state index contributed by atoms with van der Waals surface area (Å²) in [5, 5.41) is 10.5. The van der Waals surface area contributed by atoms with Crippen molar-refractivity contribution >= 4 is 35.3 Å². The van der Waals surface area contributed by atoms with E-state index in [1.165, 1.54) is 18.9 Å². The Morgan fingerprint density at radius 1 is 0.950 bits per heavy atom. The molecule has 0 aliphatic heterocycles. The van der Waals surface area contributed by atoms with Crippen LogP contribution < -0.4 is 11.1 Å². The number of Topliss-reactive ketones (excluding diaryl/α,β-unsaturated/α-hetero) is 1. The van der Waals surface area contributed by atoms with Crippen LogP contribution in [-0.2, 0) is 14.4 Å². The van der Waals surface area contributed by atoms with Crippen molar-refractivity contribution in [3.8, 4) is 0 Å². The third kappa shape index (κ3) is 9.14. The first-order chi connectivity index (χ1) is 18.8. The quantitative estimate of drug-likeness (QED) is 0.223. The first-order valence-corrected chi connectivity index (χ1v) is 13.2. The van der Waals surface area contributed by atoms with Gasteiger partial charge in [-0.2, -0.15) is 4.99 Å². The van der Waals surface area contributed by atoms with Gasteiger partial charge in [-0.3, -0.25) is 29.5 Å². The maximum atomic E-state index is 13.1. The smallest absolute Gasteiger partial charge is 0.251 e. The van der Waals surface area contributed by atoms with Crippen LogP contribution in [0.4, 0.5) is 0 Å². The molecule has 0 bridgehead atoms. The predicted molar refractivity (Wildman–Crippen MR) is 156 cm³/mol. The van der Waals surface area contributed by atoms with Crippen LogP contribution >= 0.6 is 0 Å². The lowest BCUT2D eigenvalue weighted by Crippen LogP contribution is -2.51. The predicted octanol–water partition coefficient (Wildman–Crippen LogP) is 3.17. The highest BCUT2D eigenvalue weighted by molar-refractivity contribution is 6.09. The molecular formula is C30H40N6O4. The molecule has 3 atom stereocenters. The van der Waals surface area contributed by atoms with Crippen molar-refractivity contribution in [1.29, 1.82) is 5.41 Å². The van der Waals surface area contributed by atoms with Crippen LogP contribution in [0, 0.1) is 11.3 Å². The van der Waals surface area contributed by atoms with E-state index in [4.69, 9.17) is 11.1 Å². The Kier molecular flexibility index (Phi) is 11.7. The third-order valence-corrected chi connectivity index (χ3v) is 6.66. The Morgan fingerprint density at radius 2 is 1.57 bits per heavy atom. The van der Waals surface area contributed by atoms with E-state index < -0.39 is 17.9 Å². The lowest BCUT2D eigenvalue weighted by Gasteiger charge is -2.25. The molecule has 0 saturated carbocycles. The number of carbonyl (C=O) groups excluding carboxylic acids is 4. The fourth-order valence-electron chi connectivity index (χ4n) is 4.10. The number of nitrogens with two attached hydrogens (primary N) is 1. The molecule has 0 heterocycles. The molecule has 2 aromatic rings. The van der Waals surface area contributed by atoms with Gasteiger partial charge < -0.3 is 16.0 Å². The monoisotopic (exact) mass is 548 g/mol. The van der Waals surface area contributed by atoms with E-state index in [0.717, 1.165) is 10.5 Å². The molecular weight excluding hydrogens is 508 g/mol. The zero-order valence-electron chi connectivity index (χ0n) is 24.1. The van der Waals surface area contributed by atoms with Crippen LogP contribution in [0.25, 0.3) is 0 Å². The summed E-state index contributed by atoms with van der Waals surface area (Å²) in [5.74, 6) is -1.67. The van der Waals surface area contributed by atoms with Crippen molar-refractivity contribution in [3.05, 3.63) is 71.3 Å². The molecule has 4 N–H and O–H groups in total. The highest BCUT2D eigenvalue weighted by atomic mass is 16.2. The lowest BCUT2D eigenvalue weighted by atomic mass is 9.87. The summed E-state index contributed by atoms with van der Waals surface area (Å²) in [7, 11) is 4.70. The average Bonchev–Trinajstić information content (AvgIpc) is 2.93. The van der Waals surface area contributed by atoms with Crippen molar-refractivity contribution in [2.75, 3.05) is 21.1 Å². The van der Waals surface area contributed by atoms with E-state index in [2.05, 4.69) is 10.3 Å². The molecule has 2 aromatic carbocycles. The molecule has 0 aliphatic rings. The topological polar surface area (TPSA) is 149 Å².